The number of amides is 1. The lowest BCUT2D eigenvalue weighted by Gasteiger charge is -2.24. The second kappa shape index (κ2) is 11.6. The molecule has 0 aliphatic carbocycles. The van der Waals surface area contributed by atoms with E-state index in [9.17, 15) is 23.2 Å². The highest BCUT2D eigenvalue weighted by Gasteiger charge is 2.30. The molecular formula is C24H16BrCl2F3N2O3S. The van der Waals surface area contributed by atoms with Crippen LogP contribution < -0.4 is 14.8 Å². The Kier molecular flexibility index (Phi) is 9.06. The number of hydrogen-bond acceptors (Lipinski definition) is 5. The first kappa shape index (κ1) is 28.0. The van der Waals surface area contributed by atoms with Gasteiger partial charge in [-0.2, -0.15) is 18.4 Å². The summed E-state index contributed by atoms with van der Waals surface area (Å²) in [6, 6.07) is 16.5. The molecular weight excluding hydrogens is 604 g/mol. The van der Waals surface area contributed by atoms with E-state index in [1.807, 2.05) is 6.07 Å². The molecule has 0 aliphatic heterocycles. The van der Waals surface area contributed by atoms with Crippen molar-refractivity contribution in [1.82, 2.24) is 5.32 Å². The molecule has 0 heterocycles. The van der Waals surface area contributed by atoms with E-state index in [1.165, 1.54) is 37.3 Å². The molecule has 1 atom stereocenters. The highest BCUT2D eigenvalue weighted by molar-refractivity contribution is 9.10. The minimum atomic E-state index is -4.44. The van der Waals surface area contributed by atoms with E-state index >= 15 is 0 Å². The maximum Gasteiger partial charge on any atom is 0.446 e. The van der Waals surface area contributed by atoms with Crippen LogP contribution in [0, 0.1) is 11.3 Å². The van der Waals surface area contributed by atoms with Crippen molar-refractivity contribution in [2.75, 3.05) is 6.61 Å². The van der Waals surface area contributed by atoms with Crippen molar-refractivity contribution in [2.45, 2.75) is 22.9 Å². The molecule has 3 aromatic carbocycles. The summed E-state index contributed by atoms with van der Waals surface area (Å²) in [4.78, 5) is 12.6. The Labute approximate surface area is 227 Å². The van der Waals surface area contributed by atoms with Gasteiger partial charge in [0, 0.05) is 20.0 Å². The smallest absolute Gasteiger partial charge is 0.446 e. The Hall–Kier alpha value is -2.58. The van der Waals surface area contributed by atoms with Crippen LogP contribution >= 0.6 is 50.9 Å². The zero-order valence-corrected chi connectivity index (χ0v) is 22.2. The van der Waals surface area contributed by atoms with Crippen LogP contribution in [-0.2, 0) is 0 Å². The van der Waals surface area contributed by atoms with E-state index in [0.29, 0.717) is 15.2 Å². The van der Waals surface area contributed by atoms with Gasteiger partial charge in [-0.25, -0.2) is 0 Å². The third kappa shape index (κ3) is 7.96. The van der Waals surface area contributed by atoms with Gasteiger partial charge in [0.1, 0.15) is 12.4 Å². The Balaban J connectivity index is 1.72. The molecule has 0 saturated carbocycles. The minimum Gasteiger partial charge on any atom is -0.486 e. The lowest BCUT2D eigenvalue weighted by Crippen LogP contribution is -2.49. The maximum absolute atomic E-state index is 12.6. The van der Waals surface area contributed by atoms with Gasteiger partial charge in [-0.1, -0.05) is 39.1 Å². The number of thioether (sulfide) groups is 1. The first-order chi connectivity index (χ1) is 16.9. The van der Waals surface area contributed by atoms with E-state index in [0.717, 1.165) is 0 Å². The van der Waals surface area contributed by atoms with Crippen molar-refractivity contribution < 1.29 is 27.4 Å². The molecule has 1 amide bonds. The molecule has 1 unspecified atom stereocenters. The van der Waals surface area contributed by atoms with Gasteiger partial charge in [0.15, 0.2) is 17.0 Å². The van der Waals surface area contributed by atoms with Crippen LogP contribution in [0.15, 0.2) is 70.0 Å². The molecule has 0 bridgehead atoms. The normalized spacial score (nSPS) is 12.8. The summed E-state index contributed by atoms with van der Waals surface area (Å²) < 4.78 is 49.9. The predicted molar refractivity (Wildman–Crippen MR) is 136 cm³/mol. The van der Waals surface area contributed by atoms with Gasteiger partial charge >= 0.3 is 5.51 Å². The van der Waals surface area contributed by atoms with E-state index in [4.69, 9.17) is 32.7 Å². The van der Waals surface area contributed by atoms with Gasteiger partial charge in [0.2, 0.25) is 0 Å². The van der Waals surface area contributed by atoms with Crippen molar-refractivity contribution in [2.24, 2.45) is 0 Å². The molecule has 12 heteroatoms. The molecule has 0 fully saturated rings. The number of halogens is 6. The SMILES string of the molecule is CC(C#N)(COc1ccc(Br)cc1Oc1ccc(Cl)cc1Cl)NC(=O)c1ccc(SC(F)(F)F)cc1. The van der Waals surface area contributed by atoms with Crippen LogP contribution in [0.5, 0.6) is 17.2 Å². The fourth-order valence-corrected chi connectivity index (χ4v) is 4.13. The summed E-state index contributed by atoms with van der Waals surface area (Å²) in [5, 5.41) is 13.0. The average Bonchev–Trinajstić information content (AvgIpc) is 2.80. The molecule has 0 aliphatic rings. The quantitative estimate of drug-likeness (QED) is 0.257. The number of carbonyl (C=O) groups is 1. The van der Waals surface area contributed by atoms with Crippen molar-refractivity contribution >= 4 is 56.8 Å². The Morgan fingerprint density at radius 1 is 1.06 bits per heavy atom. The lowest BCUT2D eigenvalue weighted by atomic mass is 10.1. The Morgan fingerprint density at radius 3 is 2.33 bits per heavy atom. The Morgan fingerprint density at radius 2 is 1.72 bits per heavy atom. The first-order valence-electron chi connectivity index (χ1n) is 10.0. The monoisotopic (exact) mass is 618 g/mol. The molecule has 36 heavy (non-hydrogen) atoms. The molecule has 3 aromatic rings. The van der Waals surface area contributed by atoms with Gasteiger partial charge in [-0.05, 0) is 79.3 Å². The number of alkyl halides is 3. The molecule has 0 aromatic heterocycles. The van der Waals surface area contributed by atoms with Crippen molar-refractivity contribution in [3.05, 3.63) is 80.7 Å². The summed E-state index contributed by atoms with van der Waals surface area (Å²) in [5.41, 5.74) is -5.82. The van der Waals surface area contributed by atoms with E-state index < -0.39 is 17.0 Å². The zero-order valence-electron chi connectivity index (χ0n) is 18.3. The second-order valence-electron chi connectivity index (χ2n) is 7.53. The molecule has 1 N–H and O–H groups in total. The topological polar surface area (TPSA) is 71.3 Å². The average molecular weight is 620 g/mol. The summed E-state index contributed by atoms with van der Waals surface area (Å²) in [5.74, 6) is 0.241. The van der Waals surface area contributed by atoms with Crippen molar-refractivity contribution in [3.8, 4) is 23.3 Å². The standard InChI is InChI=1S/C24H16BrCl2F3N2O3S/c1-23(12-31,32-22(33)14-2-6-17(7-3-14)36-24(28,29)30)13-34-20-8-4-15(25)10-21(20)35-19-9-5-16(26)11-18(19)27/h2-11H,13H2,1H3,(H,32,33). The molecule has 0 saturated heterocycles. The lowest BCUT2D eigenvalue weighted by molar-refractivity contribution is -0.0328. The van der Waals surface area contributed by atoms with Crippen molar-refractivity contribution in [1.29, 1.82) is 5.26 Å². The predicted octanol–water partition coefficient (Wildman–Crippen LogP) is 8.25. The van der Waals surface area contributed by atoms with Gasteiger partial charge < -0.3 is 14.8 Å². The highest BCUT2D eigenvalue weighted by Crippen LogP contribution is 2.38. The number of ether oxygens (including phenoxy) is 2. The Bertz CT molecular complexity index is 1300. The number of hydrogen-bond donors (Lipinski definition) is 1. The number of carbonyl (C=O) groups excluding carboxylic acids is 1. The molecule has 3 rings (SSSR count). The summed E-state index contributed by atoms with van der Waals surface area (Å²) >= 11 is 15.2. The number of rotatable bonds is 8. The van der Waals surface area contributed by atoms with Crippen LogP contribution in [0.2, 0.25) is 10.0 Å². The van der Waals surface area contributed by atoms with E-state index in [1.54, 1.807) is 30.3 Å². The molecule has 5 nitrogen and oxygen atoms in total. The fraction of sp³-hybridized carbons (Fsp3) is 0.167. The van der Waals surface area contributed by atoms with E-state index in [-0.39, 0.29) is 45.3 Å². The third-order valence-electron chi connectivity index (χ3n) is 4.52. The molecule has 0 radical (unpaired) electrons. The number of nitriles is 1. The van der Waals surface area contributed by atoms with Gasteiger partial charge in [-0.15, -0.1) is 0 Å². The summed E-state index contributed by atoms with van der Waals surface area (Å²) in [6.45, 7) is 1.19. The summed E-state index contributed by atoms with van der Waals surface area (Å²) in [7, 11) is 0. The van der Waals surface area contributed by atoms with Gasteiger partial charge in [-0.3, -0.25) is 4.79 Å². The van der Waals surface area contributed by atoms with Crippen molar-refractivity contribution in [3.63, 3.8) is 0 Å². The highest BCUT2D eigenvalue weighted by atomic mass is 79.9. The third-order valence-corrected chi connectivity index (χ3v) is 6.29. The van der Waals surface area contributed by atoms with E-state index in [2.05, 4.69) is 21.2 Å². The first-order valence-corrected chi connectivity index (χ1v) is 12.4. The second-order valence-corrected chi connectivity index (χ2v) is 10.4. The minimum absolute atomic E-state index is 0.0611. The van der Waals surface area contributed by atoms with Crippen LogP contribution in [0.4, 0.5) is 13.2 Å². The number of benzene rings is 3. The molecule has 188 valence electrons. The van der Waals surface area contributed by atoms with Crippen LogP contribution in [0.25, 0.3) is 0 Å². The number of nitrogens with one attached hydrogen (secondary N) is 1. The van der Waals surface area contributed by atoms with Crippen LogP contribution in [0.1, 0.15) is 17.3 Å². The van der Waals surface area contributed by atoms with Crippen LogP contribution in [0.3, 0.4) is 0 Å². The molecule has 0 spiro atoms. The largest absolute Gasteiger partial charge is 0.486 e. The van der Waals surface area contributed by atoms with Gasteiger partial charge in [0.05, 0.1) is 11.1 Å². The number of nitrogens with zero attached hydrogens (tertiary/aromatic N) is 1. The fourth-order valence-electron chi connectivity index (χ4n) is 2.81. The van der Waals surface area contributed by atoms with Gasteiger partial charge in [0.25, 0.3) is 5.91 Å². The summed E-state index contributed by atoms with van der Waals surface area (Å²) in [6.07, 6.45) is 0. The maximum atomic E-state index is 12.6. The van der Waals surface area contributed by atoms with Crippen LogP contribution in [-0.4, -0.2) is 23.6 Å². The zero-order chi connectivity index (χ0) is 26.5.